The fraction of sp³-hybridized carbons (Fsp3) is 0. The van der Waals surface area contributed by atoms with Crippen molar-refractivity contribution >= 4 is 12.4 Å². The lowest BCUT2D eigenvalue weighted by molar-refractivity contribution is 1.57. The summed E-state index contributed by atoms with van der Waals surface area (Å²) in [7, 11) is 0. The molecule has 0 rings (SSSR count). The Morgan fingerprint density at radius 2 is 1.17 bits per heavy atom. The van der Waals surface area contributed by atoms with E-state index in [0.29, 0.717) is 0 Å². The molecule has 2 heteroatoms. The first-order valence-electron chi connectivity index (χ1n) is 1.58. The quantitative estimate of drug-likeness (QED) is 0.464. The van der Waals surface area contributed by atoms with Crippen LogP contribution in [0.5, 0.6) is 0 Å². The third kappa shape index (κ3) is 3.08. The third-order valence-corrected chi connectivity index (χ3v) is 0.304. The Hall–Kier alpha value is -0.920. The minimum absolute atomic E-state index is 1.13. The van der Waals surface area contributed by atoms with Gasteiger partial charge in [-0.3, -0.25) is 0 Å². The van der Waals surface area contributed by atoms with Crippen LogP contribution >= 0.6 is 0 Å². The van der Waals surface area contributed by atoms with Gasteiger partial charge in [-0.2, -0.15) is 0 Å². The summed E-state index contributed by atoms with van der Waals surface area (Å²) in [5.41, 5.74) is 0. The van der Waals surface area contributed by atoms with Gasteiger partial charge in [-0.05, 0) is 12.2 Å². The average Bonchev–Trinajstić information content (AvgIpc) is 1.61. The van der Waals surface area contributed by atoms with Crippen molar-refractivity contribution in [2.75, 3.05) is 0 Å². The molecule has 0 aromatic heterocycles. The molecule has 0 atom stereocenters. The molecule has 2 nitrogen and oxygen atoms in total. The molecule has 0 spiro atoms. The molecule has 0 amide bonds. The Bertz CT molecular complexity index is 63.6. The van der Waals surface area contributed by atoms with Crippen molar-refractivity contribution in [3.05, 3.63) is 12.2 Å². The maximum absolute atomic E-state index is 6.39. The molecular formula is C4H6N2. The normalized spacial score (nSPS) is 8.67. The zero-order valence-corrected chi connectivity index (χ0v) is 3.31. The predicted molar refractivity (Wildman–Crippen MR) is 26.7 cm³/mol. The second-order valence-corrected chi connectivity index (χ2v) is 0.718. The molecule has 0 saturated carbocycles. The van der Waals surface area contributed by atoms with Gasteiger partial charge in [0.15, 0.2) is 0 Å². The highest BCUT2D eigenvalue weighted by Gasteiger charge is 1.50. The van der Waals surface area contributed by atoms with E-state index in [-0.39, 0.29) is 0 Å². The van der Waals surface area contributed by atoms with Crippen LogP contribution in [0.4, 0.5) is 0 Å². The van der Waals surface area contributed by atoms with Crippen LogP contribution in [-0.4, -0.2) is 12.4 Å². The molecular weight excluding hydrogens is 76.1 g/mol. The summed E-state index contributed by atoms with van der Waals surface area (Å²) in [4.78, 5) is 0. The molecule has 0 aliphatic heterocycles. The Kier molecular flexibility index (Phi) is 3.45. The molecule has 0 aliphatic rings. The minimum atomic E-state index is 1.13. The molecule has 0 saturated heterocycles. The topological polar surface area (TPSA) is 47.7 Å². The lowest BCUT2D eigenvalue weighted by atomic mass is 10.5. The molecule has 0 aliphatic carbocycles. The Labute approximate surface area is 36.5 Å². The minimum Gasteiger partial charge on any atom is -0.309 e. The maximum atomic E-state index is 6.39. The molecule has 0 radical (unpaired) electrons. The van der Waals surface area contributed by atoms with Gasteiger partial charge in [-0.1, -0.05) is 0 Å². The predicted octanol–water partition coefficient (Wildman–Crippen LogP) is 0.842. The first-order chi connectivity index (χ1) is 2.91. The van der Waals surface area contributed by atoms with Crippen LogP contribution < -0.4 is 0 Å². The lowest BCUT2D eigenvalue weighted by Crippen LogP contribution is -1.57. The summed E-state index contributed by atoms with van der Waals surface area (Å²) in [6, 6.07) is 0. The summed E-state index contributed by atoms with van der Waals surface area (Å²) >= 11 is 0. The lowest BCUT2D eigenvalue weighted by Gasteiger charge is -1.58. The first-order valence-corrected chi connectivity index (χ1v) is 1.58. The highest BCUT2D eigenvalue weighted by Crippen LogP contribution is 1.54. The van der Waals surface area contributed by atoms with E-state index in [9.17, 15) is 0 Å². The van der Waals surface area contributed by atoms with Crippen molar-refractivity contribution < 1.29 is 0 Å². The van der Waals surface area contributed by atoms with E-state index in [1.165, 1.54) is 12.2 Å². The standard InChI is InChI=1S/C4H6N2/c5-3-1-2-4-6/h1-6H/b2-1-,5-3?,6-4?. The number of hydrogen-bond donors (Lipinski definition) is 2. The SMILES string of the molecule is N=C/C=C\C=N. The zero-order chi connectivity index (χ0) is 4.83. The van der Waals surface area contributed by atoms with Gasteiger partial charge >= 0.3 is 0 Å². The average molecular weight is 82.1 g/mol. The van der Waals surface area contributed by atoms with Crippen LogP contribution in [0.1, 0.15) is 0 Å². The summed E-state index contributed by atoms with van der Waals surface area (Å²) in [5, 5.41) is 12.8. The molecule has 0 aromatic carbocycles. The van der Waals surface area contributed by atoms with Crippen molar-refractivity contribution in [1.29, 1.82) is 10.8 Å². The van der Waals surface area contributed by atoms with Crippen LogP contribution in [-0.2, 0) is 0 Å². The van der Waals surface area contributed by atoms with Crippen LogP contribution in [0, 0.1) is 10.8 Å². The van der Waals surface area contributed by atoms with E-state index in [1.54, 1.807) is 0 Å². The van der Waals surface area contributed by atoms with Crippen molar-refractivity contribution in [2.24, 2.45) is 0 Å². The van der Waals surface area contributed by atoms with Crippen molar-refractivity contribution in [2.45, 2.75) is 0 Å². The highest BCUT2D eigenvalue weighted by atomic mass is 14.3. The number of nitrogens with one attached hydrogen (secondary N) is 2. The van der Waals surface area contributed by atoms with E-state index in [2.05, 4.69) is 0 Å². The number of allylic oxidation sites excluding steroid dienone is 2. The van der Waals surface area contributed by atoms with Crippen LogP contribution in [0.2, 0.25) is 0 Å². The van der Waals surface area contributed by atoms with Gasteiger partial charge in [0.2, 0.25) is 0 Å². The largest absolute Gasteiger partial charge is 0.309 e. The summed E-state index contributed by atoms with van der Waals surface area (Å²) in [5.74, 6) is 0. The first kappa shape index (κ1) is 5.08. The Morgan fingerprint density at radius 1 is 0.833 bits per heavy atom. The molecule has 0 fully saturated rings. The Balaban J connectivity index is 3.17. The van der Waals surface area contributed by atoms with Gasteiger partial charge < -0.3 is 10.8 Å². The van der Waals surface area contributed by atoms with Crippen LogP contribution in [0.15, 0.2) is 12.2 Å². The molecule has 32 valence electrons. The fourth-order valence-electron chi connectivity index (χ4n) is 0.111. The molecule has 0 heterocycles. The van der Waals surface area contributed by atoms with E-state index in [1.807, 2.05) is 0 Å². The Morgan fingerprint density at radius 3 is 1.33 bits per heavy atom. The molecule has 0 unspecified atom stereocenters. The van der Waals surface area contributed by atoms with Crippen LogP contribution in [0.25, 0.3) is 0 Å². The van der Waals surface area contributed by atoms with E-state index in [4.69, 9.17) is 10.8 Å². The van der Waals surface area contributed by atoms with Gasteiger partial charge in [0, 0.05) is 12.4 Å². The summed E-state index contributed by atoms with van der Waals surface area (Å²) < 4.78 is 0. The van der Waals surface area contributed by atoms with Gasteiger partial charge in [-0.25, -0.2) is 0 Å². The fourth-order valence-corrected chi connectivity index (χ4v) is 0.111. The van der Waals surface area contributed by atoms with E-state index < -0.39 is 0 Å². The molecule has 6 heavy (non-hydrogen) atoms. The smallest absolute Gasteiger partial charge is 0.0178 e. The van der Waals surface area contributed by atoms with Gasteiger partial charge in [-0.15, -0.1) is 0 Å². The third-order valence-electron chi connectivity index (χ3n) is 0.304. The second kappa shape index (κ2) is 4.08. The molecule has 0 aromatic rings. The van der Waals surface area contributed by atoms with Crippen LogP contribution in [0.3, 0.4) is 0 Å². The van der Waals surface area contributed by atoms with Gasteiger partial charge in [0.25, 0.3) is 0 Å². The van der Waals surface area contributed by atoms with E-state index >= 15 is 0 Å². The number of hydrogen-bond acceptors (Lipinski definition) is 2. The second-order valence-electron chi connectivity index (χ2n) is 0.718. The van der Waals surface area contributed by atoms with Crippen molar-refractivity contribution in [1.82, 2.24) is 0 Å². The van der Waals surface area contributed by atoms with Gasteiger partial charge in [0.1, 0.15) is 0 Å². The molecule has 2 N–H and O–H groups in total. The van der Waals surface area contributed by atoms with E-state index in [0.717, 1.165) is 12.4 Å². The van der Waals surface area contributed by atoms with Crippen molar-refractivity contribution in [3.8, 4) is 0 Å². The number of rotatable bonds is 2. The summed E-state index contributed by atoms with van der Waals surface area (Å²) in [6.07, 6.45) is 5.22. The highest BCUT2D eigenvalue weighted by molar-refractivity contribution is 5.78. The monoisotopic (exact) mass is 82.1 g/mol. The van der Waals surface area contributed by atoms with Crippen molar-refractivity contribution in [3.63, 3.8) is 0 Å². The summed E-state index contributed by atoms with van der Waals surface area (Å²) in [6.45, 7) is 0. The molecule has 0 bridgehead atoms. The van der Waals surface area contributed by atoms with Gasteiger partial charge in [0.05, 0.1) is 0 Å². The zero-order valence-electron chi connectivity index (χ0n) is 3.31. The maximum Gasteiger partial charge on any atom is 0.0178 e.